The third-order valence-electron chi connectivity index (χ3n) is 1.72. The summed E-state index contributed by atoms with van der Waals surface area (Å²) >= 11 is 11.6. The lowest BCUT2D eigenvalue weighted by Crippen LogP contribution is -2.18. The molecule has 1 rings (SSSR count). The van der Waals surface area contributed by atoms with Gasteiger partial charge in [-0.15, -0.1) is 5.10 Å². The zero-order valence-corrected chi connectivity index (χ0v) is 10.2. The molecule has 4 nitrogen and oxygen atoms in total. The Kier molecular flexibility index (Phi) is 5.39. The summed E-state index contributed by atoms with van der Waals surface area (Å²) in [4.78, 5) is 11.2. The Hall–Kier alpha value is -1.65. The maximum atomic E-state index is 11.2. The van der Waals surface area contributed by atoms with Crippen molar-refractivity contribution in [1.29, 1.82) is 0 Å². The molecule has 1 aromatic carbocycles. The van der Waals surface area contributed by atoms with E-state index in [1.165, 1.54) is 6.08 Å². The molecule has 0 bridgehead atoms. The summed E-state index contributed by atoms with van der Waals surface area (Å²) in [6, 6.07) is 5.06. The van der Waals surface area contributed by atoms with Crippen molar-refractivity contribution in [1.82, 2.24) is 5.32 Å². The lowest BCUT2D eigenvalue weighted by Gasteiger charge is -1.97. The minimum atomic E-state index is -0.330. The molecule has 0 fully saturated rings. The van der Waals surface area contributed by atoms with Crippen LogP contribution in [0.5, 0.6) is 0 Å². The van der Waals surface area contributed by atoms with Crippen molar-refractivity contribution in [3.63, 3.8) is 0 Å². The first-order valence-corrected chi connectivity index (χ1v) is 5.30. The first kappa shape index (κ1) is 13.4. The molecule has 0 aliphatic rings. The highest BCUT2D eigenvalue weighted by atomic mass is 35.5. The van der Waals surface area contributed by atoms with Gasteiger partial charge in [0.1, 0.15) is 6.34 Å². The van der Waals surface area contributed by atoms with Gasteiger partial charge in [0, 0.05) is 12.8 Å². The fourth-order valence-corrected chi connectivity index (χ4v) is 1.28. The highest BCUT2D eigenvalue weighted by molar-refractivity contribution is 6.42. The normalized spacial score (nSPS) is 10.9. The molecule has 0 aliphatic heterocycles. The van der Waals surface area contributed by atoms with Crippen LogP contribution in [0.15, 0.2) is 34.5 Å². The summed E-state index contributed by atoms with van der Waals surface area (Å²) in [5.74, 6) is -0.330. The fraction of sp³-hybridized carbons (Fsp3) is 0. The number of hydrogen-bond acceptors (Lipinski definition) is 3. The van der Waals surface area contributed by atoms with Crippen molar-refractivity contribution in [2.75, 3.05) is 0 Å². The van der Waals surface area contributed by atoms with E-state index in [2.05, 4.69) is 22.2 Å². The van der Waals surface area contributed by atoms with Gasteiger partial charge in [0.15, 0.2) is 0 Å². The molecule has 0 unspecified atom stereocenters. The van der Waals surface area contributed by atoms with Crippen LogP contribution in [0.3, 0.4) is 0 Å². The van der Waals surface area contributed by atoms with Crippen molar-refractivity contribution >= 4 is 48.2 Å². The smallest absolute Gasteiger partial charge is 0.249 e. The summed E-state index contributed by atoms with van der Waals surface area (Å²) in [6.45, 7) is 3.12. The van der Waals surface area contributed by atoms with E-state index in [-0.39, 0.29) is 5.91 Å². The average Bonchev–Trinajstić information content (AvgIpc) is 2.31. The van der Waals surface area contributed by atoms with Crippen LogP contribution in [0.2, 0.25) is 10.0 Å². The zero-order valence-electron chi connectivity index (χ0n) is 8.73. The van der Waals surface area contributed by atoms with Gasteiger partial charge in [-0.3, -0.25) is 4.79 Å². The van der Waals surface area contributed by atoms with Crippen LogP contribution < -0.4 is 5.32 Å². The molecule has 1 aromatic rings. The van der Waals surface area contributed by atoms with Gasteiger partial charge in [0.2, 0.25) is 5.91 Å². The minimum Gasteiger partial charge on any atom is -0.312 e. The molecule has 0 aliphatic carbocycles. The molecular formula is C11H9Cl2N3O. The summed E-state index contributed by atoms with van der Waals surface area (Å²) in [7, 11) is 0. The second-order valence-corrected chi connectivity index (χ2v) is 3.72. The monoisotopic (exact) mass is 269 g/mol. The van der Waals surface area contributed by atoms with Crippen LogP contribution in [-0.2, 0) is 4.79 Å². The number of nitrogens with one attached hydrogen (secondary N) is 1. The van der Waals surface area contributed by atoms with E-state index in [1.807, 2.05) is 0 Å². The molecule has 88 valence electrons. The number of benzene rings is 1. The molecule has 1 amide bonds. The summed E-state index contributed by atoms with van der Waals surface area (Å²) in [5.41, 5.74) is 0.772. The largest absolute Gasteiger partial charge is 0.312 e. The second-order valence-electron chi connectivity index (χ2n) is 2.90. The van der Waals surface area contributed by atoms with Crippen LogP contribution in [0.25, 0.3) is 6.08 Å². The Labute approximate surface area is 109 Å². The molecule has 6 heteroatoms. The highest BCUT2D eigenvalue weighted by Gasteiger charge is 1.97. The number of carbonyl (C=O) groups is 1. The van der Waals surface area contributed by atoms with E-state index in [4.69, 9.17) is 23.2 Å². The van der Waals surface area contributed by atoms with E-state index in [1.54, 1.807) is 24.3 Å². The van der Waals surface area contributed by atoms with Gasteiger partial charge in [-0.2, -0.15) is 5.10 Å². The third kappa shape index (κ3) is 4.80. The average molecular weight is 270 g/mol. The summed E-state index contributed by atoms with van der Waals surface area (Å²) in [5, 5.41) is 9.85. The predicted octanol–water partition coefficient (Wildman–Crippen LogP) is 2.77. The topological polar surface area (TPSA) is 53.8 Å². The summed E-state index contributed by atoms with van der Waals surface area (Å²) in [6.07, 6.45) is 4.09. The Bertz CT molecular complexity index is 484. The number of rotatable bonds is 4. The molecule has 0 heterocycles. The second kappa shape index (κ2) is 6.83. The Morgan fingerprint density at radius 2 is 2.12 bits per heavy atom. The van der Waals surface area contributed by atoms with Crippen molar-refractivity contribution < 1.29 is 4.79 Å². The number of nitrogens with zero attached hydrogens (tertiary/aromatic N) is 2. The van der Waals surface area contributed by atoms with Gasteiger partial charge in [0.25, 0.3) is 0 Å². The van der Waals surface area contributed by atoms with E-state index >= 15 is 0 Å². The third-order valence-corrected chi connectivity index (χ3v) is 2.46. The lowest BCUT2D eigenvalue weighted by atomic mass is 10.2. The zero-order chi connectivity index (χ0) is 12.7. The van der Waals surface area contributed by atoms with Gasteiger partial charge in [0.05, 0.1) is 10.0 Å². The Morgan fingerprint density at radius 1 is 1.35 bits per heavy atom. The number of carbonyl (C=O) groups excluding carboxylic acids is 1. The SMILES string of the molecule is C=N/N=C/NC(=O)/C=C/c1ccc(Cl)c(Cl)c1. The van der Waals surface area contributed by atoms with Crippen molar-refractivity contribution in [2.45, 2.75) is 0 Å². The minimum absolute atomic E-state index is 0.330. The quantitative estimate of drug-likeness (QED) is 0.389. The summed E-state index contributed by atoms with van der Waals surface area (Å²) < 4.78 is 0. The van der Waals surface area contributed by atoms with Crippen LogP contribution in [0, 0.1) is 0 Å². The van der Waals surface area contributed by atoms with Crippen molar-refractivity contribution in [2.24, 2.45) is 10.2 Å². The molecule has 17 heavy (non-hydrogen) atoms. The first-order valence-electron chi connectivity index (χ1n) is 4.54. The molecule has 0 saturated carbocycles. The molecule has 0 atom stereocenters. The number of amides is 1. The predicted molar refractivity (Wildman–Crippen MR) is 71.7 cm³/mol. The van der Waals surface area contributed by atoms with Crippen molar-refractivity contribution in [3.8, 4) is 0 Å². The molecule has 0 radical (unpaired) electrons. The van der Waals surface area contributed by atoms with E-state index < -0.39 is 0 Å². The number of halogens is 2. The van der Waals surface area contributed by atoms with Crippen LogP contribution in [0.1, 0.15) is 5.56 Å². The van der Waals surface area contributed by atoms with E-state index in [0.717, 1.165) is 11.9 Å². The highest BCUT2D eigenvalue weighted by Crippen LogP contribution is 2.22. The molecule has 0 saturated heterocycles. The maximum absolute atomic E-state index is 11.2. The number of hydrogen-bond donors (Lipinski definition) is 1. The van der Waals surface area contributed by atoms with Gasteiger partial charge >= 0.3 is 0 Å². The maximum Gasteiger partial charge on any atom is 0.249 e. The molecule has 0 spiro atoms. The molecule has 1 N–H and O–H groups in total. The van der Waals surface area contributed by atoms with Gasteiger partial charge in [-0.1, -0.05) is 29.3 Å². The fourth-order valence-electron chi connectivity index (χ4n) is 0.969. The van der Waals surface area contributed by atoms with Gasteiger partial charge in [-0.25, -0.2) is 0 Å². The Balaban J connectivity index is 2.63. The Morgan fingerprint density at radius 3 is 2.76 bits per heavy atom. The van der Waals surface area contributed by atoms with E-state index in [0.29, 0.717) is 10.0 Å². The van der Waals surface area contributed by atoms with Gasteiger partial charge < -0.3 is 5.32 Å². The van der Waals surface area contributed by atoms with Crippen molar-refractivity contribution in [3.05, 3.63) is 39.9 Å². The first-order chi connectivity index (χ1) is 8.13. The molecule has 0 aromatic heterocycles. The standard InChI is InChI=1S/C11H9Cl2N3O/c1-14-16-7-15-11(17)5-3-8-2-4-9(12)10(13)6-8/h2-7H,1H2,(H,15,16,17)/b5-3+. The van der Waals surface area contributed by atoms with E-state index in [9.17, 15) is 4.79 Å². The van der Waals surface area contributed by atoms with Crippen LogP contribution in [-0.4, -0.2) is 19.0 Å². The van der Waals surface area contributed by atoms with Crippen LogP contribution in [0.4, 0.5) is 0 Å². The van der Waals surface area contributed by atoms with Gasteiger partial charge in [-0.05, 0) is 23.8 Å². The molecular weight excluding hydrogens is 261 g/mol. The lowest BCUT2D eigenvalue weighted by molar-refractivity contribution is -0.115. The van der Waals surface area contributed by atoms with Crippen LogP contribution >= 0.6 is 23.2 Å².